The topological polar surface area (TPSA) is 0 Å². The van der Waals surface area contributed by atoms with Crippen molar-refractivity contribution >= 4 is 111 Å². The van der Waals surface area contributed by atoms with Crippen LogP contribution in [0, 0.1) is 0 Å². The van der Waals surface area contributed by atoms with Crippen LogP contribution in [0.1, 0.15) is 0 Å². The summed E-state index contributed by atoms with van der Waals surface area (Å²) in [6.45, 7) is 0. The van der Waals surface area contributed by atoms with Gasteiger partial charge in [0.2, 0.25) is 0 Å². The molecule has 7 heteroatoms. The number of rotatable bonds is 18. The molecule has 0 fully saturated rings. The van der Waals surface area contributed by atoms with E-state index in [1.807, 2.05) is 0 Å². The quantitative estimate of drug-likeness (QED) is 0.0751. The monoisotopic (exact) mass is 1390 g/mol. The van der Waals surface area contributed by atoms with E-state index in [4.69, 9.17) is 0 Å². The van der Waals surface area contributed by atoms with Crippen LogP contribution in [0.15, 0.2) is 399 Å². The largest absolute Gasteiger partial charge is 0.102 e. The summed E-state index contributed by atoms with van der Waals surface area (Å²) >= 11 is 0. The van der Waals surface area contributed by atoms with Crippen molar-refractivity contribution in [3.63, 3.8) is 0 Å². The molecule has 0 aromatic heterocycles. The molecule has 12 rings (SSSR count). The Morgan fingerprint density at radius 2 is 0.188 bits per heavy atom. The van der Waals surface area contributed by atoms with Gasteiger partial charge in [-0.25, -0.2) is 0 Å². The van der Waals surface area contributed by atoms with Gasteiger partial charge in [0, 0.05) is 21.1 Å². The van der Waals surface area contributed by atoms with Crippen molar-refractivity contribution < 1.29 is 21.1 Å². The molecule has 418 valence electrons. The van der Waals surface area contributed by atoms with Gasteiger partial charge < -0.3 is 0 Å². The van der Waals surface area contributed by atoms with Crippen LogP contribution in [-0.2, 0) is 21.1 Å². The van der Waals surface area contributed by atoms with Crippen molar-refractivity contribution in [1.82, 2.24) is 0 Å². The summed E-state index contributed by atoms with van der Waals surface area (Å²) in [5, 5.41) is 17.1. The van der Waals surface area contributed by atoms with Gasteiger partial charge in [-0.05, 0) is 146 Å². The van der Waals surface area contributed by atoms with Crippen molar-refractivity contribution in [2.45, 2.75) is 0 Å². The van der Waals surface area contributed by atoms with Gasteiger partial charge in [-0.3, -0.25) is 0 Å². The van der Waals surface area contributed by atoms with E-state index < -0.39 is 47.5 Å². The Hall–Kier alpha value is -6.87. The first-order valence-corrected chi connectivity index (χ1v) is 38.1. The minimum absolute atomic E-state index is 0. The van der Waals surface area contributed by atoms with Gasteiger partial charge in [0.15, 0.2) is 0 Å². The summed E-state index contributed by atoms with van der Waals surface area (Å²) in [4.78, 5) is 0. The Morgan fingerprint density at radius 3 is 0.259 bits per heavy atom. The van der Waals surface area contributed by atoms with Crippen LogP contribution in [0.2, 0.25) is 0 Å². The number of hydrogen-bond donors (Lipinski definition) is 0. The van der Waals surface area contributed by atoms with Crippen molar-refractivity contribution in [2.24, 2.45) is 0 Å². The third-order valence-electron chi connectivity index (χ3n) is 14.3. The minimum Gasteiger partial charge on any atom is -0.0620 e. The number of benzene rings is 12. The van der Waals surface area contributed by atoms with E-state index in [1.165, 1.54) is 63.7 Å². The SMILES string of the molecule is C(=C[PH+](c1ccccc1)c1ccccc1)[PH+](c1ccccc1)c1ccccc1.C(=C[PH+](c1ccccc1)c1ccccc1)[PH+](c1ccccc1)c1ccccc1.C(=C[PH+](c1ccccc1)c1ccccc1)[PH+](c1ccccc1)c1ccccc1.[Pt]. The van der Waals surface area contributed by atoms with Gasteiger partial charge in [-0.1, -0.05) is 218 Å². The third kappa shape index (κ3) is 18.8. The van der Waals surface area contributed by atoms with E-state index >= 15 is 0 Å². The molecule has 0 aliphatic carbocycles. The van der Waals surface area contributed by atoms with Crippen molar-refractivity contribution in [3.05, 3.63) is 399 Å². The van der Waals surface area contributed by atoms with E-state index in [0.29, 0.717) is 0 Å². The van der Waals surface area contributed by atoms with Gasteiger partial charge in [0.05, 0.1) is 47.5 Å². The molecule has 0 radical (unpaired) electrons. The zero-order valence-corrected chi connectivity index (χ0v) is 55.7. The van der Waals surface area contributed by atoms with Gasteiger partial charge in [0.25, 0.3) is 0 Å². The van der Waals surface area contributed by atoms with Crippen LogP contribution in [0.5, 0.6) is 0 Å². The molecule has 0 bridgehead atoms. The summed E-state index contributed by atoms with van der Waals surface area (Å²) in [6.07, 6.45) is 0. The third-order valence-corrected chi connectivity index (χ3v) is 29.7. The van der Waals surface area contributed by atoms with E-state index in [-0.39, 0.29) is 21.1 Å². The molecule has 0 amide bonds. The fourth-order valence-corrected chi connectivity index (χ4v) is 25.0. The molecule has 0 saturated heterocycles. The maximum absolute atomic E-state index is 2.50. The van der Waals surface area contributed by atoms with E-state index in [0.717, 1.165) is 0 Å². The second kappa shape index (κ2) is 34.9. The molecule has 0 saturated carbocycles. The smallest absolute Gasteiger partial charge is 0.0620 e. The second-order valence-corrected chi connectivity index (χ2v) is 33.8. The van der Waals surface area contributed by atoms with Crippen LogP contribution >= 0.6 is 47.5 Å². The molecule has 85 heavy (non-hydrogen) atoms. The molecule has 0 aliphatic heterocycles. The molecule has 0 spiro atoms. The van der Waals surface area contributed by atoms with E-state index in [9.17, 15) is 0 Å². The Kier molecular flexibility index (Phi) is 25.7. The summed E-state index contributed by atoms with van der Waals surface area (Å²) in [6, 6.07) is 131. The molecule has 0 unspecified atom stereocenters. The van der Waals surface area contributed by atoms with Gasteiger partial charge in [-0.15, -0.1) is 0 Å². The Balaban J connectivity index is 0.000000152. The Labute approximate surface area is 527 Å². The summed E-state index contributed by atoms with van der Waals surface area (Å²) in [5.41, 5.74) is 0. The van der Waals surface area contributed by atoms with Crippen molar-refractivity contribution in [3.8, 4) is 0 Å². The first-order chi connectivity index (χ1) is 41.7. The summed E-state index contributed by atoms with van der Waals surface area (Å²) < 4.78 is 0. The maximum Gasteiger partial charge on any atom is 0.102 e. The molecule has 0 atom stereocenters. The molecular weight excluding hydrogens is 1320 g/mol. The molecule has 12 aromatic carbocycles. The standard InChI is InChI=1S/3C26H22P2.Pt/c3*1-5-13-23(14-6-1)27(24-15-7-2-8-16-24)21-22-28(25-17-9-3-10-18-25)26-19-11-4-12-20-26;/h3*1-22H;/p+6. The second-order valence-electron chi connectivity index (χ2n) is 19.9. The van der Waals surface area contributed by atoms with E-state index in [1.54, 1.807) is 0 Å². The molecule has 0 N–H and O–H groups in total. The molecule has 0 heterocycles. The van der Waals surface area contributed by atoms with Crippen molar-refractivity contribution in [2.75, 3.05) is 0 Å². The predicted octanol–water partition coefficient (Wildman–Crippen LogP) is 15.6. The first-order valence-electron chi connectivity index (χ1n) is 28.7. The fourth-order valence-electron chi connectivity index (χ4n) is 10.1. The van der Waals surface area contributed by atoms with Gasteiger partial charge in [-0.2, -0.15) is 0 Å². The molecule has 0 nitrogen and oxygen atoms in total. The normalized spacial score (nSPS) is 11.2. The van der Waals surface area contributed by atoms with Crippen LogP contribution in [0.25, 0.3) is 0 Å². The average molecular weight is 1390 g/mol. The van der Waals surface area contributed by atoms with Gasteiger partial charge in [0.1, 0.15) is 98.6 Å². The van der Waals surface area contributed by atoms with Crippen LogP contribution in [-0.4, -0.2) is 0 Å². The summed E-state index contributed by atoms with van der Waals surface area (Å²) in [7, 11) is -5.78. The predicted molar refractivity (Wildman–Crippen MR) is 390 cm³/mol. The Morgan fingerprint density at radius 1 is 0.118 bits per heavy atom. The van der Waals surface area contributed by atoms with Crippen LogP contribution in [0.4, 0.5) is 0 Å². The maximum atomic E-state index is 2.50. The molecule has 12 aromatic rings. The van der Waals surface area contributed by atoms with Crippen LogP contribution in [0.3, 0.4) is 0 Å². The fraction of sp³-hybridized carbons (Fsp3) is 0. The Bertz CT molecular complexity index is 2920. The van der Waals surface area contributed by atoms with E-state index in [2.05, 4.69) is 399 Å². The average Bonchev–Trinajstić information content (AvgIpc) is 3.69. The van der Waals surface area contributed by atoms with Crippen LogP contribution < -0.4 is 63.7 Å². The van der Waals surface area contributed by atoms with Gasteiger partial charge >= 0.3 is 0 Å². The summed E-state index contributed by atoms with van der Waals surface area (Å²) in [5.74, 6) is 15.0. The molecular formula is C78H72P6Pt+6. The van der Waals surface area contributed by atoms with Crippen molar-refractivity contribution in [1.29, 1.82) is 0 Å². The number of hydrogen-bond acceptors (Lipinski definition) is 0. The molecule has 0 aliphatic rings. The first kappa shape index (κ1) is 62.7. The zero-order valence-electron chi connectivity index (χ0n) is 47.4. The minimum atomic E-state index is -0.964. The zero-order chi connectivity index (χ0) is 57.1.